The zero-order chi connectivity index (χ0) is 10.9. The number of alkyl halides is 3. The number of nitrogens with zero attached hydrogens (tertiary/aromatic N) is 1. The van der Waals surface area contributed by atoms with E-state index in [1.54, 1.807) is 0 Å². The van der Waals surface area contributed by atoms with Gasteiger partial charge in [-0.3, -0.25) is 0 Å². The summed E-state index contributed by atoms with van der Waals surface area (Å²) in [4.78, 5) is 13.1. The Kier molecular flexibility index (Phi) is 2.41. The molecule has 0 aromatic carbocycles. The van der Waals surface area contributed by atoms with Gasteiger partial charge >= 0.3 is 12.1 Å². The first kappa shape index (κ1) is 10.4. The van der Waals surface area contributed by atoms with Gasteiger partial charge in [-0.15, -0.1) is 0 Å². The van der Waals surface area contributed by atoms with E-state index < -0.39 is 29.2 Å². The van der Waals surface area contributed by atoms with E-state index in [4.69, 9.17) is 5.11 Å². The molecule has 1 N–H and O–H groups in total. The topological polar surface area (TPSA) is 50.2 Å². The second kappa shape index (κ2) is 3.24. The van der Waals surface area contributed by atoms with E-state index >= 15 is 0 Å². The number of carbonyl (C=O) groups is 1. The number of hydrogen-bond donors (Lipinski definition) is 1. The zero-order valence-corrected chi connectivity index (χ0v) is 6.47. The first-order valence-electron chi connectivity index (χ1n) is 3.28. The third-order valence-electron chi connectivity index (χ3n) is 1.41. The normalized spacial score (nSPS) is 11.4. The molecule has 0 saturated carbocycles. The van der Waals surface area contributed by atoms with Crippen molar-refractivity contribution in [2.45, 2.75) is 6.18 Å². The summed E-state index contributed by atoms with van der Waals surface area (Å²) >= 11 is 0. The van der Waals surface area contributed by atoms with Gasteiger partial charge in [-0.2, -0.15) is 17.6 Å². The van der Waals surface area contributed by atoms with Gasteiger partial charge in [0.05, 0.1) is 11.1 Å². The van der Waals surface area contributed by atoms with Crippen LogP contribution in [0.1, 0.15) is 15.9 Å². The molecule has 0 bridgehead atoms. The molecular formula is C7H3F4NO2. The lowest BCUT2D eigenvalue weighted by Gasteiger charge is -2.08. The SMILES string of the molecule is O=C(O)c1cnc(F)cc1C(F)(F)F. The highest BCUT2D eigenvalue weighted by atomic mass is 19.4. The van der Waals surface area contributed by atoms with Crippen molar-refractivity contribution in [3.05, 3.63) is 29.3 Å². The van der Waals surface area contributed by atoms with Gasteiger partial charge < -0.3 is 5.11 Å². The van der Waals surface area contributed by atoms with E-state index in [1.807, 2.05) is 0 Å². The van der Waals surface area contributed by atoms with Crippen LogP contribution in [0.5, 0.6) is 0 Å². The van der Waals surface area contributed by atoms with Crippen LogP contribution < -0.4 is 0 Å². The van der Waals surface area contributed by atoms with E-state index in [0.29, 0.717) is 6.20 Å². The third-order valence-corrected chi connectivity index (χ3v) is 1.41. The van der Waals surface area contributed by atoms with Crippen LogP contribution in [0.15, 0.2) is 12.3 Å². The molecule has 0 radical (unpaired) electrons. The summed E-state index contributed by atoms with van der Waals surface area (Å²) in [6.07, 6.45) is -4.57. The summed E-state index contributed by atoms with van der Waals surface area (Å²) in [6, 6.07) is 0.0451. The number of aromatic nitrogens is 1. The van der Waals surface area contributed by atoms with Crippen molar-refractivity contribution in [1.82, 2.24) is 4.98 Å². The molecule has 0 saturated heterocycles. The number of halogens is 4. The second-order valence-corrected chi connectivity index (χ2v) is 2.36. The zero-order valence-electron chi connectivity index (χ0n) is 6.47. The molecule has 1 rings (SSSR count). The van der Waals surface area contributed by atoms with Gasteiger partial charge in [-0.1, -0.05) is 0 Å². The molecule has 0 spiro atoms. The Labute approximate surface area is 75.0 Å². The van der Waals surface area contributed by atoms with E-state index in [2.05, 4.69) is 4.98 Å². The molecule has 3 nitrogen and oxygen atoms in total. The van der Waals surface area contributed by atoms with Gasteiger partial charge in [0.25, 0.3) is 0 Å². The van der Waals surface area contributed by atoms with E-state index in [-0.39, 0.29) is 6.07 Å². The smallest absolute Gasteiger partial charge is 0.417 e. The fourth-order valence-electron chi connectivity index (χ4n) is 0.835. The molecule has 1 heterocycles. The largest absolute Gasteiger partial charge is 0.478 e. The first-order chi connectivity index (χ1) is 6.32. The van der Waals surface area contributed by atoms with Crippen molar-refractivity contribution in [2.24, 2.45) is 0 Å². The lowest BCUT2D eigenvalue weighted by Crippen LogP contribution is -2.14. The number of aromatic carboxylic acids is 1. The maximum absolute atomic E-state index is 12.3. The average molecular weight is 209 g/mol. The minimum absolute atomic E-state index is 0.0451. The second-order valence-electron chi connectivity index (χ2n) is 2.36. The third kappa shape index (κ3) is 1.98. The van der Waals surface area contributed by atoms with Crippen LogP contribution in [0, 0.1) is 5.95 Å². The highest BCUT2D eigenvalue weighted by Gasteiger charge is 2.36. The van der Waals surface area contributed by atoms with Crippen LogP contribution >= 0.6 is 0 Å². The van der Waals surface area contributed by atoms with Crippen molar-refractivity contribution in [1.29, 1.82) is 0 Å². The average Bonchev–Trinajstić information content (AvgIpc) is 2.01. The molecule has 0 aliphatic heterocycles. The Morgan fingerprint density at radius 2 is 2.00 bits per heavy atom. The van der Waals surface area contributed by atoms with Crippen molar-refractivity contribution < 1.29 is 27.5 Å². The van der Waals surface area contributed by atoms with E-state index in [0.717, 1.165) is 0 Å². The van der Waals surface area contributed by atoms with Crippen LogP contribution in [-0.2, 0) is 6.18 Å². The Balaban J connectivity index is 3.38. The van der Waals surface area contributed by atoms with Crippen molar-refractivity contribution in [3.8, 4) is 0 Å². The standard InChI is InChI=1S/C7H3F4NO2/c8-5-1-4(7(9,10)11)3(2-12-5)6(13)14/h1-2H,(H,13,14). The van der Waals surface area contributed by atoms with Gasteiger partial charge in [0.2, 0.25) is 5.95 Å². The van der Waals surface area contributed by atoms with Crippen molar-refractivity contribution in [3.63, 3.8) is 0 Å². The highest BCUT2D eigenvalue weighted by molar-refractivity contribution is 5.89. The summed E-state index contributed by atoms with van der Waals surface area (Å²) in [5.74, 6) is -3.17. The summed E-state index contributed by atoms with van der Waals surface area (Å²) in [5.41, 5.74) is -2.61. The predicted molar refractivity (Wildman–Crippen MR) is 36.2 cm³/mol. The quantitative estimate of drug-likeness (QED) is 0.567. The lowest BCUT2D eigenvalue weighted by atomic mass is 10.1. The van der Waals surface area contributed by atoms with Crippen molar-refractivity contribution >= 4 is 5.97 Å². The number of carboxylic acids is 1. The van der Waals surface area contributed by atoms with Crippen LogP contribution in [0.2, 0.25) is 0 Å². The molecule has 0 unspecified atom stereocenters. The molecule has 0 aliphatic rings. The molecule has 14 heavy (non-hydrogen) atoms. The summed E-state index contributed by atoms with van der Waals surface area (Å²) < 4.78 is 48.7. The van der Waals surface area contributed by atoms with E-state index in [9.17, 15) is 22.4 Å². The Morgan fingerprint density at radius 3 is 2.43 bits per heavy atom. The fraction of sp³-hybridized carbons (Fsp3) is 0.143. The Morgan fingerprint density at radius 1 is 1.43 bits per heavy atom. The maximum atomic E-state index is 12.3. The molecule has 0 aliphatic carbocycles. The molecule has 0 amide bonds. The van der Waals surface area contributed by atoms with Crippen LogP contribution in [-0.4, -0.2) is 16.1 Å². The molecule has 76 valence electrons. The van der Waals surface area contributed by atoms with Crippen LogP contribution in [0.3, 0.4) is 0 Å². The summed E-state index contributed by atoms with van der Waals surface area (Å²) in [7, 11) is 0. The van der Waals surface area contributed by atoms with Crippen LogP contribution in [0.4, 0.5) is 17.6 Å². The van der Waals surface area contributed by atoms with Gasteiger partial charge in [-0.25, -0.2) is 9.78 Å². The molecule has 1 aromatic rings. The van der Waals surface area contributed by atoms with E-state index in [1.165, 1.54) is 0 Å². The lowest BCUT2D eigenvalue weighted by molar-refractivity contribution is -0.138. The molecule has 1 aromatic heterocycles. The summed E-state index contributed by atoms with van der Waals surface area (Å²) in [6.45, 7) is 0. The van der Waals surface area contributed by atoms with Gasteiger partial charge in [0.15, 0.2) is 0 Å². The number of rotatable bonds is 1. The van der Waals surface area contributed by atoms with Gasteiger partial charge in [0, 0.05) is 12.3 Å². The Bertz CT molecular complexity index is 374. The minimum Gasteiger partial charge on any atom is -0.478 e. The van der Waals surface area contributed by atoms with Crippen LogP contribution in [0.25, 0.3) is 0 Å². The number of hydrogen-bond acceptors (Lipinski definition) is 2. The molecule has 0 atom stereocenters. The highest BCUT2D eigenvalue weighted by Crippen LogP contribution is 2.31. The first-order valence-corrected chi connectivity index (χ1v) is 3.28. The molecular weight excluding hydrogens is 206 g/mol. The predicted octanol–water partition coefficient (Wildman–Crippen LogP) is 1.94. The van der Waals surface area contributed by atoms with Crippen molar-refractivity contribution in [2.75, 3.05) is 0 Å². The Hall–Kier alpha value is -1.66. The molecule has 0 fully saturated rings. The fourth-order valence-corrected chi connectivity index (χ4v) is 0.835. The maximum Gasteiger partial charge on any atom is 0.417 e. The van der Waals surface area contributed by atoms with Gasteiger partial charge in [-0.05, 0) is 0 Å². The number of carboxylic acid groups (broad SMARTS) is 1. The number of pyridine rings is 1. The van der Waals surface area contributed by atoms with Gasteiger partial charge in [0.1, 0.15) is 0 Å². The monoisotopic (exact) mass is 209 g/mol. The molecule has 7 heteroatoms. The minimum atomic E-state index is -4.91. The summed E-state index contributed by atoms with van der Waals surface area (Å²) in [5, 5.41) is 8.36.